The molecule has 0 N–H and O–H groups in total. The third kappa shape index (κ3) is 8.27. The van der Waals surface area contributed by atoms with Crippen LogP contribution in [0.1, 0.15) is 35.4 Å². The van der Waals surface area contributed by atoms with Gasteiger partial charge in [0.15, 0.2) is 0 Å². The van der Waals surface area contributed by atoms with Gasteiger partial charge in [-0.1, -0.05) is 96.5 Å². The number of halogens is 1. The van der Waals surface area contributed by atoms with E-state index in [2.05, 4.69) is 40.3 Å². The molecule has 0 spiro atoms. The predicted octanol–water partition coefficient (Wildman–Crippen LogP) is 9.52. The van der Waals surface area contributed by atoms with Gasteiger partial charge in [0.2, 0.25) is 11.8 Å². The second-order valence-corrected chi connectivity index (χ2v) is 15.4. The van der Waals surface area contributed by atoms with Crippen molar-refractivity contribution in [3.8, 4) is 46.2 Å². The Balaban J connectivity index is 0.909. The van der Waals surface area contributed by atoms with E-state index < -0.39 is 0 Å². The molecule has 1 saturated heterocycles. The average molecular weight is 834 g/mol. The summed E-state index contributed by atoms with van der Waals surface area (Å²) in [6, 6.07) is 43.9. The van der Waals surface area contributed by atoms with Crippen LogP contribution in [0.2, 0.25) is 5.02 Å². The smallest absolute Gasteiger partial charge is 0.353 e. The predicted molar refractivity (Wildman–Crippen MR) is 237 cm³/mol. The molecule has 0 aliphatic carbocycles. The molecule has 1 aliphatic heterocycles. The van der Waals surface area contributed by atoms with Gasteiger partial charge in [0.05, 0.1) is 34.6 Å². The number of rotatable bonds is 13. The molecule has 0 bridgehead atoms. The van der Waals surface area contributed by atoms with Crippen molar-refractivity contribution in [2.45, 2.75) is 32.0 Å². The Morgan fingerprint density at radius 3 is 2.15 bits per heavy atom. The lowest BCUT2D eigenvalue weighted by molar-refractivity contribution is 0.268. The van der Waals surface area contributed by atoms with Gasteiger partial charge in [0.1, 0.15) is 30.4 Å². The first-order chi connectivity index (χ1) is 29.8. The quantitative estimate of drug-likeness (QED) is 0.112. The van der Waals surface area contributed by atoms with Crippen LogP contribution in [0, 0.1) is 0 Å². The largest absolute Gasteiger partial charge is 0.473 e. The molecule has 12 nitrogen and oxygen atoms in total. The molecule has 0 amide bonds. The first kappa shape index (κ1) is 39.4. The summed E-state index contributed by atoms with van der Waals surface area (Å²) < 4.78 is 28.6. The zero-order valence-corrected chi connectivity index (χ0v) is 34.8. The summed E-state index contributed by atoms with van der Waals surface area (Å²) in [5, 5.41) is 10.7. The van der Waals surface area contributed by atoms with Crippen molar-refractivity contribution >= 4 is 28.2 Å². The van der Waals surface area contributed by atoms with Crippen LogP contribution < -0.4 is 29.5 Å². The van der Waals surface area contributed by atoms with E-state index in [-0.39, 0.29) is 11.7 Å². The van der Waals surface area contributed by atoms with E-state index in [0.717, 1.165) is 64.9 Å². The number of anilines is 1. The number of pyridine rings is 1. The lowest BCUT2D eigenvalue weighted by Gasteiger charge is -2.34. The van der Waals surface area contributed by atoms with Crippen molar-refractivity contribution in [3.05, 3.63) is 166 Å². The number of para-hydroxylation sites is 1. The van der Waals surface area contributed by atoms with Crippen LogP contribution in [-0.2, 0) is 27.3 Å². The number of ether oxygens (including phenoxy) is 4. The van der Waals surface area contributed by atoms with Crippen molar-refractivity contribution in [1.82, 2.24) is 29.1 Å². The van der Waals surface area contributed by atoms with Crippen LogP contribution in [0.4, 0.5) is 5.69 Å². The number of aryl methyl sites for hydroxylation is 2. The molecular formula is C48H44ClN7O5. The minimum Gasteiger partial charge on any atom is -0.473 e. The Bertz CT molecular complexity index is 2850. The van der Waals surface area contributed by atoms with Crippen molar-refractivity contribution in [3.63, 3.8) is 0 Å². The molecule has 8 aromatic rings. The van der Waals surface area contributed by atoms with Crippen LogP contribution in [0.15, 0.2) is 138 Å². The molecule has 308 valence electrons. The van der Waals surface area contributed by atoms with E-state index in [4.69, 9.17) is 40.6 Å². The van der Waals surface area contributed by atoms with Crippen LogP contribution in [0.25, 0.3) is 27.8 Å². The van der Waals surface area contributed by atoms with E-state index in [0.29, 0.717) is 53.1 Å². The van der Waals surface area contributed by atoms with Gasteiger partial charge in [-0.15, -0.1) is 5.10 Å². The highest BCUT2D eigenvalue weighted by atomic mass is 35.5. The monoisotopic (exact) mass is 833 g/mol. The third-order valence-corrected chi connectivity index (χ3v) is 11.4. The maximum Gasteiger partial charge on any atom is 0.353 e. The summed E-state index contributed by atoms with van der Waals surface area (Å²) >= 11 is 6.54. The Labute approximate surface area is 358 Å². The number of hydrogen-bond acceptors (Lipinski definition) is 9. The number of piperidine rings is 1. The topological polar surface area (TPSA) is 111 Å². The first-order valence-corrected chi connectivity index (χ1v) is 20.5. The summed E-state index contributed by atoms with van der Waals surface area (Å²) in [5.74, 6) is 2.40. The number of benzene rings is 5. The molecule has 0 radical (unpaired) electrons. The maximum absolute atomic E-state index is 12.7. The zero-order chi connectivity index (χ0) is 41.9. The Hall–Kier alpha value is -7.05. The van der Waals surface area contributed by atoms with E-state index in [1.807, 2.05) is 96.7 Å². The average Bonchev–Trinajstić information content (AvgIpc) is 3.80. The number of methoxy groups -OCH3 is 1. The normalized spacial score (nSPS) is 13.1. The van der Waals surface area contributed by atoms with E-state index in [1.54, 1.807) is 25.2 Å². The summed E-state index contributed by atoms with van der Waals surface area (Å²) in [7, 11) is 5.04. The zero-order valence-electron chi connectivity index (χ0n) is 34.1. The summed E-state index contributed by atoms with van der Waals surface area (Å²) in [5.41, 5.74) is 7.36. The molecule has 1 fully saturated rings. The van der Waals surface area contributed by atoms with Gasteiger partial charge in [-0.05, 0) is 71.8 Å². The SMILES string of the molecule is COc1nn(C)c(=O)n1-c1ccc(Cl)c(Oc2ccc(C3CCN(c4cccc5c(-c6ccc(OCc7ccccc7)nc6OCc6ccccc6)nn(C)c45)CC3)cc2)c1. The summed E-state index contributed by atoms with van der Waals surface area (Å²) in [4.78, 5) is 20.1. The number of hydrogen-bond donors (Lipinski definition) is 0. The molecule has 3 aromatic heterocycles. The fourth-order valence-corrected chi connectivity index (χ4v) is 8.07. The maximum atomic E-state index is 12.7. The van der Waals surface area contributed by atoms with E-state index in [9.17, 15) is 4.79 Å². The molecule has 13 heteroatoms. The lowest BCUT2D eigenvalue weighted by atomic mass is 9.89. The van der Waals surface area contributed by atoms with Gasteiger partial charge >= 0.3 is 11.7 Å². The summed E-state index contributed by atoms with van der Waals surface area (Å²) in [6.07, 6.45) is 1.98. The second-order valence-electron chi connectivity index (χ2n) is 15.0. The molecule has 9 rings (SSSR count). The van der Waals surface area contributed by atoms with Crippen molar-refractivity contribution in [2.75, 3.05) is 25.1 Å². The molecule has 0 saturated carbocycles. The molecular weight excluding hydrogens is 790 g/mol. The Kier molecular flexibility index (Phi) is 11.2. The number of aromatic nitrogens is 6. The van der Waals surface area contributed by atoms with Crippen molar-refractivity contribution < 1.29 is 18.9 Å². The minimum atomic E-state index is -0.342. The molecule has 5 aromatic carbocycles. The third-order valence-electron chi connectivity index (χ3n) is 11.0. The van der Waals surface area contributed by atoms with E-state index >= 15 is 0 Å². The molecule has 4 heterocycles. The second kappa shape index (κ2) is 17.3. The highest BCUT2D eigenvalue weighted by molar-refractivity contribution is 6.32. The Morgan fingerprint density at radius 1 is 0.738 bits per heavy atom. The van der Waals surface area contributed by atoms with Crippen molar-refractivity contribution in [2.24, 2.45) is 14.1 Å². The van der Waals surface area contributed by atoms with Gasteiger partial charge in [0, 0.05) is 44.7 Å². The fraction of sp³-hybridized carbons (Fsp3) is 0.208. The van der Waals surface area contributed by atoms with Crippen molar-refractivity contribution in [1.29, 1.82) is 0 Å². The van der Waals surface area contributed by atoms with Gasteiger partial charge in [0.25, 0.3) is 0 Å². The van der Waals surface area contributed by atoms with Gasteiger partial charge in [-0.3, -0.25) is 4.68 Å². The molecule has 0 atom stereocenters. The summed E-state index contributed by atoms with van der Waals surface area (Å²) in [6.45, 7) is 2.54. The van der Waals surface area contributed by atoms with Gasteiger partial charge in [-0.2, -0.15) is 10.1 Å². The highest BCUT2D eigenvalue weighted by Gasteiger charge is 2.26. The minimum absolute atomic E-state index is 0.168. The molecule has 61 heavy (non-hydrogen) atoms. The standard InChI is InChI=1S/C48H44ClN7O5/c1-53-45-38(44(51-53)39-22-24-43(59-30-32-11-6-4-7-12-32)50-46(39)60-31-33-13-8-5-9-14-33)15-10-16-41(45)55-27-25-35(26-28-55)34-17-20-37(21-18-34)61-42-29-36(19-23-40(42)49)56-47(58-3)52-54(2)48(56)57/h4-24,29,35H,25-28,30-31H2,1-3H3. The number of fused-ring (bicyclic) bond motifs is 1. The Morgan fingerprint density at radius 2 is 1.44 bits per heavy atom. The van der Waals surface area contributed by atoms with Crippen LogP contribution in [0.3, 0.4) is 0 Å². The number of nitrogens with zero attached hydrogens (tertiary/aromatic N) is 7. The van der Waals surface area contributed by atoms with E-state index in [1.165, 1.54) is 21.9 Å². The highest BCUT2D eigenvalue weighted by Crippen LogP contribution is 2.40. The van der Waals surface area contributed by atoms with Crippen LogP contribution in [-0.4, -0.2) is 49.3 Å². The molecule has 1 aliphatic rings. The van der Waals surface area contributed by atoms with Gasteiger partial charge < -0.3 is 23.8 Å². The molecule has 0 unspecified atom stereocenters. The van der Waals surface area contributed by atoms with Crippen LogP contribution >= 0.6 is 11.6 Å². The lowest BCUT2D eigenvalue weighted by Crippen LogP contribution is -2.33. The van der Waals surface area contributed by atoms with Crippen LogP contribution in [0.5, 0.6) is 29.3 Å². The first-order valence-electron chi connectivity index (χ1n) is 20.2. The van der Waals surface area contributed by atoms with Gasteiger partial charge in [-0.25, -0.2) is 14.0 Å². The fourth-order valence-electron chi connectivity index (χ4n) is 7.92.